The average molecular weight is 234 g/mol. The molecular weight excluding hydrogens is 204 g/mol. The van der Waals surface area contributed by atoms with Gasteiger partial charge in [-0.15, -0.1) is 0 Å². The summed E-state index contributed by atoms with van der Waals surface area (Å²) >= 11 is 0. The molecule has 1 heteroatoms. The van der Waals surface area contributed by atoms with E-state index in [1.54, 1.807) is 0 Å². The Morgan fingerprint density at radius 3 is 0.571 bits per heavy atom. The second kappa shape index (κ2) is 23.5. The van der Waals surface area contributed by atoms with Gasteiger partial charge >= 0.3 is 21.7 Å². The van der Waals surface area contributed by atoms with Gasteiger partial charge in [-0.3, -0.25) is 0 Å². The fourth-order valence-electron chi connectivity index (χ4n) is 0. The minimum atomic E-state index is 0. The van der Waals surface area contributed by atoms with Gasteiger partial charge in [-0.1, -0.05) is 41.5 Å². The van der Waals surface area contributed by atoms with Crippen molar-refractivity contribution in [3.8, 4) is 0 Å². The third-order valence-corrected chi connectivity index (χ3v) is 0. The van der Waals surface area contributed by atoms with Crippen LogP contribution in [0.5, 0.6) is 0 Å². The van der Waals surface area contributed by atoms with E-state index in [1.807, 2.05) is 0 Å². The molecule has 14 heavy (non-hydrogen) atoms. The Kier molecular flexibility index (Phi) is 49.2. The molecule has 0 N–H and O–H groups in total. The summed E-state index contributed by atoms with van der Waals surface area (Å²) in [5, 5.41) is 0. The molecule has 0 saturated carbocycles. The molecule has 0 aromatic carbocycles. The number of hydrogen-bond donors (Lipinski definition) is 0. The molecule has 0 fully saturated rings. The van der Waals surface area contributed by atoms with Crippen LogP contribution < -0.4 is 0 Å². The first-order valence-corrected chi connectivity index (χ1v) is 4.69. The molecule has 0 amide bonds. The van der Waals surface area contributed by atoms with Gasteiger partial charge in [-0.2, -0.15) is 17.8 Å². The normalized spacial score (nSPS) is 7.71. The summed E-state index contributed by atoms with van der Waals surface area (Å²) in [4.78, 5) is 0. The molecule has 0 rings (SSSR count). The zero-order chi connectivity index (χ0) is 10.7. The molecule has 86 valence electrons. The van der Waals surface area contributed by atoms with Gasteiger partial charge in [0.05, 0.1) is 0 Å². The Labute approximate surface area is 109 Å². The maximum Gasteiger partial charge on any atom is 4.00 e. The second-order valence-corrected chi connectivity index (χ2v) is 4.18. The van der Waals surface area contributed by atoms with Gasteiger partial charge in [0.2, 0.25) is 0 Å². The van der Waals surface area contributed by atoms with Gasteiger partial charge in [0.1, 0.15) is 0 Å². The summed E-state index contributed by atoms with van der Waals surface area (Å²) in [5.41, 5.74) is 0. The summed E-state index contributed by atoms with van der Waals surface area (Å²) in [6, 6.07) is 0. The Hall–Kier alpha value is 0.714. The van der Waals surface area contributed by atoms with Gasteiger partial charge in [0.15, 0.2) is 0 Å². The van der Waals surface area contributed by atoms with Crippen LogP contribution in [0.2, 0.25) is 0 Å². The summed E-state index contributed by atoms with van der Waals surface area (Å²) < 4.78 is 0. The first-order chi connectivity index (χ1) is 5.20. The molecule has 0 heterocycles. The third kappa shape index (κ3) is 3420. The quantitative estimate of drug-likeness (QED) is 0.414. The Balaban J connectivity index is -0.0000000270. The molecule has 0 aliphatic heterocycles. The molecule has 0 aliphatic rings. The topological polar surface area (TPSA) is 0 Å². The van der Waals surface area contributed by atoms with Crippen LogP contribution in [0.4, 0.5) is 0 Å². The van der Waals surface area contributed by atoms with Gasteiger partial charge in [0, 0.05) is 0 Å². The molecule has 0 saturated heterocycles. The van der Waals surface area contributed by atoms with E-state index in [0.29, 0.717) is 17.8 Å². The van der Waals surface area contributed by atoms with E-state index in [9.17, 15) is 0 Å². The van der Waals surface area contributed by atoms with Gasteiger partial charge < -0.3 is 28.2 Å². The second-order valence-electron chi connectivity index (χ2n) is 4.18. The first kappa shape index (κ1) is 29.3. The van der Waals surface area contributed by atoms with Gasteiger partial charge in [0.25, 0.3) is 0 Å². The zero-order valence-corrected chi connectivity index (χ0v) is 12.9. The van der Waals surface area contributed by atoms with Crippen LogP contribution in [0.15, 0.2) is 0 Å². The van der Waals surface area contributed by atoms with Crippen molar-refractivity contribution in [2.24, 2.45) is 17.8 Å². The summed E-state index contributed by atoms with van der Waals surface area (Å²) in [6.45, 7) is 23.2. The molecule has 0 atom stereocenters. The fraction of sp³-hybridized carbons (Fsp3) is 0.692. The van der Waals surface area contributed by atoms with Crippen LogP contribution in [0.1, 0.15) is 41.5 Å². The summed E-state index contributed by atoms with van der Waals surface area (Å²) in [5.74, 6) is 1.75. The van der Waals surface area contributed by atoms with E-state index < -0.39 is 0 Å². The zero-order valence-electron chi connectivity index (χ0n) is 11.4. The molecule has 0 aromatic heterocycles. The van der Waals surface area contributed by atoms with Crippen molar-refractivity contribution in [2.75, 3.05) is 0 Å². The molecule has 0 bridgehead atoms. The first-order valence-electron chi connectivity index (χ1n) is 4.69. The maximum atomic E-state index is 3.64. The van der Waals surface area contributed by atoms with Crippen LogP contribution in [0.3, 0.4) is 0 Å². The van der Waals surface area contributed by atoms with Crippen LogP contribution in [-0.2, 0) is 21.7 Å². The van der Waals surface area contributed by atoms with Crippen molar-refractivity contribution in [2.45, 2.75) is 41.5 Å². The Bertz CT molecular complexity index is 33.7. The minimum Gasteiger partial charge on any atom is -0.358 e. The van der Waals surface area contributed by atoms with Crippen LogP contribution >= 0.6 is 0 Å². The maximum absolute atomic E-state index is 3.64. The molecule has 0 unspecified atom stereocenters. The van der Waals surface area contributed by atoms with Crippen LogP contribution in [0.25, 0.3) is 0 Å². The van der Waals surface area contributed by atoms with Crippen molar-refractivity contribution < 1.29 is 21.7 Å². The van der Waals surface area contributed by atoms with Crippen molar-refractivity contribution >= 4 is 0 Å². The summed E-state index contributed by atoms with van der Waals surface area (Å²) in [6.07, 6.45) is 0. The van der Waals surface area contributed by atoms with Gasteiger partial charge in [-0.05, 0) is 0 Å². The van der Waals surface area contributed by atoms with E-state index >= 15 is 0 Å². The van der Waals surface area contributed by atoms with Crippen molar-refractivity contribution in [1.82, 2.24) is 0 Å². The molecule has 0 nitrogen and oxygen atoms in total. The predicted octanol–water partition coefficient (Wildman–Crippen LogP) is 4.88. The average Bonchev–Trinajstić information content (AvgIpc) is 1.54. The fourth-order valence-corrected chi connectivity index (χ4v) is 0. The molecular formula is C13H30Ti. The SMILES string of the molecule is [CH2-]C(C)C.[CH2-]C(C)C.[CH2-]C(C)C.[CH3-].[Ti+4]. The van der Waals surface area contributed by atoms with Crippen LogP contribution in [-0.4, -0.2) is 0 Å². The predicted molar refractivity (Wildman–Crippen MR) is 67.0 cm³/mol. The number of rotatable bonds is 0. The number of hydrogen-bond acceptors (Lipinski definition) is 0. The molecule has 0 aromatic rings. The van der Waals surface area contributed by atoms with Crippen LogP contribution in [0, 0.1) is 46.0 Å². The third-order valence-electron chi connectivity index (χ3n) is 0. The van der Waals surface area contributed by atoms with E-state index in [0.717, 1.165) is 0 Å². The van der Waals surface area contributed by atoms with E-state index in [-0.39, 0.29) is 29.1 Å². The Morgan fingerprint density at radius 1 is 0.571 bits per heavy atom. The molecule has 0 spiro atoms. The van der Waals surface area contributed by atoms with Gasteiger partial charge in [-0.25, -0.2) is 0 Å². The van der Waals surface area contributed by atoms with E-state index in [2.05, 4.69) is 62.3 Å². The molecule has 0 aliphatic carbocycles. The smallest absolute Gasteiger partial charge is 0.358 e. The largest absolute Gasteiger partial charge is 4.00 e. The standard InChI is InChI=1S/3C4H9.CH3.Ti/c3*1-4(2)3;;/h3*4H,1H2,2-3H3;1H3;/q4*-1;+4. The van der Waals surface area contributed by atoms with E-state index in [4.69, 9.17) is 0 Å². The van der Waals surface area contributed by atoms with E-state index in [1.165, 1.54) is 0 Å². The van der Waals surface area contributed by atoms with Crippen molar-refractivity contribution in [3.63, 3.8) is 0 Å². The Morgan fingerprint density at radius 2 is 0.571 bits per heavy atom. The summed E-state index contributed by atoms with van der Waals surface area (Å²) in [7, 11) is 0. The molecule has 0 radical (unpaired) electrons. The monoisotopic (exact) mass is 234 g/mol. The minimum absolute atomic E-state index is 0. The van der Waals surface area contributed by atoms with Crippen molar-refractivity contribution in [3.05, 3.63) is 28.2 Å². The van der Waals surface area contributed by atoms with Crippen molar-refractivity contribution in [1.29, 1.82) is 0 Å².